The van der Waals surface area contributed by atoms with Crippen LogP contribution < -0.4 is 10.0 Å². The molecule has 1 amide bonds. The average molecular weight is 431 g/mol. The van der Waals surface area contributed by atoms with E-state index in [-0.39, 0.29) is 16.0 Å². The Bertz CT molecular complexity index is 789. The standard InChI is InChI=1S/C16H19BrN2O3S2/c1-11(2)15(19-24(21,22)14-7-4-8-23-14)16(20)18-10-12-5-3-6-13(17)9-12/h3-9,11,15,19H,10H2,1-2H3,(H,18,20). The Morgan fingerprint density at radius 1 is 1.25 bits per heavy atom. The number of amides is 1. The number of nitrogens with one attached hydrogen (secondary N) is 2. The van der Waals surface area contributed by atoms with Crippen LogP contribution in [0.25, 0.3) is 0 Å². The Hall–Kier alpha value is -1.22. The number of hydrogen-bond donors (Lipinski definition) is 2. The summed E-state index contributed by atoms with van der Waals surface area (Å²) >= 11 is 4.50. The van der Waals surface area contributed by atoms with Gasteiger partial charge in [-0.2, -0.15) is 4.72 Å². The van der Waals surface area contributed by atoms with Gasteiger partial charge in [-0.25, -0.2) is 8.42 Å². The maximum atomic E-state index is 12.4. The zero-order valence-corrected chi connectivity index (χ0v) is 16.5. The highest BCUT2D eigenvalue weighted by atomic mass is 79.9. The number of thiophene rings is 1. The Morgan fingerprint density at radius 2 is 2.00 bits per heavy atom. The minimum absolute atomic E-state index is 0.178. The van der Waals surface area contributed by atoms with E-state index in [1.54, 1.807) is 25.3 Å². The molecule has 0 aliphatic rings. The zero-order chi connectivity index (χ0) is 17.7. The molecular weight excluding hydrogens is 412 g/mol. The van der Waals surface area contributed by atoms with Gasteiger partial charge in [0.1, 0.15) is 10.3 Å². The minimum Gasteiger partial charge on any atom is -0.351 e. The van der Waals surface area contributed by atoms with Crippen molar-refractivity contribution in [1.82, 2.24) is 10.0 Å². The van der Waals surface area contributed by atoms with Crippen molar-refractivity contribution in [3.8, 4) is 0 Å². The molecule has 0 bridgehead atoms. The molecule has 1 atom stereocenters. The summed E-state index contributed by atoms with van der Waals surface area (Å²) in [5.74, 6) is -0.521. The normalized spacial score (nSPS) is 13.0. The van der Waals surface area contributed by atoms with E-state index in [1.165, 1.54) is 6.07 Å². The maximum Gasteiger partial charge on any atom is 0.250 e. The second-order valence-corrected chi connectivity index (χ2v) is 9.43. The molecular formula is C16H19BrN2O3S2. The number of rotatable bonds is 7. The Morgan fingerprint density at radius 3 is 2.58 bits per heavy atom. The minimum atomic E-state index is -3.70. The van der Waals surface area contributed by atoms with Gasteiger partial charge >= 0.3 is 0 Å². The van der Waals surface area contributed by atoms with Gasteiger partial charge in [0.05, 0.1) is 0 Å². The van der Waals surface area contributed by atoms with Crippen LogP contribution in [0.1, 0.15) is 19.4 Å². The van der Waals surface area contributed by atoms with Gasteiger partial charge in [0.15, 0.2) is 0 Å². The number of benzene rings is 1. The average Bonchev–Trinajstić information content (AvgIpc) is 3.05. The van der Waals surface area contributed by atoms with Gasteiger partial charge < -0.3 is 5.32 Å². The van der Waals surface area contributed by atoms with Crippen LogP contribution in [0.2, 0.25) is 0 Å². The van der Waals surface area contributed by atoms with E-state index in [1.807, 2.05) is 24.3 Å². The van der Waals surface area contributed by atoms with Gasteiger partial charge in [0.25, 0.3) is 10.0 Å². The number of carbonyl (C=O) groups excluding carboxylic acids is 1. The molecule has 0 radical (unpaired) electrons. The first-order valence-electron chi connectivity index (χ1n) is 7.37. The quantitative estimate of drug-likeness (QED) is 0.708. The first kappa shape index (κ1) is 19.1. The maximum absolute atomic E-state index is 12.4. The van der Waals surface area contributed by atoms with Gasteiger partial charge in [-0.3, -0.25) is 4.79 Å². The third-order valence-corrected chi connectivity index (χ3v) is 6.68. The molecule has 130 valence electrons. The van der Waals surface area contributed by atoms with Crippen molar-refractivity contribution in [2.75, 3.05) is 0 Å². The van der Waals surface area contributed by atoms with Crippen LogP contribution in [-0.2, 0) is 21.4 Å². The molecule has 1 aromatic carbocycles. The summed E-state index contributed by atoms with van der Waals surface area (Å²) in [5.41, 5.74) is 0.932. The van der Waals surface area contributed by atoms with E-state index in [0.717, 1.165) is 21.4 Å². The van der Waals surface area contributed by atoms with Crippen molar-refractivity contribution >= 4 is 43.2 Å². The number of hydrogen-bond acceptors (Lipinski definition) is 4. The third kappa shape index (κ3) is 5.14. The summed E-state index contributed by atoms with van der Waals surface area (Å²) in [4.78, 5) is 12.4. The molecule has 2 aromatic rings. The molecule has 24 heavy (non-hydrogen) atoms. The molecule has 2 N–H and O–H groups in total. The highest BCUT2D eigenvalue weighted by Crippen LogP contribution is 2.17. The summed E-state index contributed by atoms with van der Waals surface area (Å²) in [6.45, 7) is 3.95. The van der Waals surface area contributed by atoms with Crippen LogP contribution in [0.15, 0.2) is 50.5 Å². The predicted octanol–water partition coefficient (Wildman–Crippen LogP) is 3.13. The summed E-state index contributed by atoms with van der Waals surface area (Å²) in [5, 5.41) is 4.48. The van der Waals surface area contributed by atoms with Crippen LogP contribution in [-0.4, -0.2) is 20.4 Å². The lowest BCUT2D eigenvalue weighted by Crippen LogP contribution is -2.49. The molecule has 0 saturated heterocycles. The fourth-order valence-electron chi connectivity index (χ4n) is 2.08. The van der Waals surface area contributed by atoms with Crippen LogP contribution in [0.3, 0.4) is 0 Å². The lowest BCUT2D eigenvalue weighted by molar-refractivity contribution is -0.123. The Kier molecular flexibility index (Phi) is 6.56. The largest absolute Gasteiger partial charge is 0.351 e. The molecule has 1 heterocycles. The van der Waals surface area contributed by atoms with Crippen LogP contribution in [0, 0.1) is 5.92 Å². The van der Waals surface area contributed by atoms with Crippen LogP contribution in [0.5, 0.6) is 0 Å². The first-order valence-corrected chi connectivity index (χ1v) is 10.5. The molecule has 0 aliphatic heterocycles. The smallest absolute Gasteiger partial charge is 0.250 e. The van der Waals surface area contributed by atoms with Crippen molar-refractivity contribution in [3.05, 3.63) is 51.8 Å². The molecule has 1 aromatic heterocycles. The molecule has 5 nitrogen and oxygen atoms in total. The molecule has 0 saturated carbocycles. The summed E-state index contributed by atoms with van der Waals surface area (Å²) in [7, 11) is -3.70. The van der Waals surface area contributed by atoms with Crippen molar-refractivity contribution in [3.63, 3.8) is 0 Å². The Balaban J connectivity index is 2.06. The van der Waals surface area contributed by atoms with E-state index in [9.17, 15) is 13.2 Å². The lowest BCUT2D eigenvalue weighted by atomic mass is 10.0. The van der Waals surface area contributed by atoms with E-state index in [2.05, 4.69) is 26.0 Å². The SMILES string of the molecule is CC(C)C(NS(=O)(=O)c1cccs1)C(=O)NCc1cccc(Br)c1. The fraction of sp³-hybridized carbons (Fsp3) is 0.312. The molecule has 0 fully saturated rings. The molecule has 8 heteroatoms. The molecule has 1 unspecified atom stereocenters. The van der Waals surface area contributed by atoms with Gasteiger partial charge in [-0.05, 0) is 35.1 Å². The number of halogens is 1. The second-order valence-electron chi connectivity index (χ2n) is 5.62. The lowest BCUT2D eigenvalue weighted by Gasteiger charge is -2.21. The van der Waals surface area contributed by atoms with E-state index >= 15 is 0 Å². The van der Waals surface area contributed by atoms with Gasteiger partial charge in [0, 0.05) is 11.0 Å². The van der Waals surface area contributed by atoms with E-state index in [4.69, 9.17) is 0 Å². The van der Waals surface area contributed by atoms with Gasteiger partial charge in [-0.15, -0.1) is 11.3 Å². The zero-order valence-electron chi connectivity index (χ0n) is 13.3. The summed E-state index contributed by atoms with van der Waals surface area (Å²) in [6, 6.07) is 9.93. The van der Waals surface area contributed by atoms with Crippen molar-refractivity contribution in [1.29, 1.82) is 0 Å². The fourth-order valence-corrected chi connectivity index (χ4v) is 4.88. The second kappa shape index (κ2) is 8.24. The molecule has 0 spiro atoms. The van der Waals surface area contributed by atoms with Crippen molar-refractivity contribution in [2.24, 2.45) is 5.92 Å². The van der Waals surface area contributed by atoms with Gasteiger partial charge in [-0.1, -0.05) is 48.0 Å². The monoisotopic (exact) mass is 430 g/mol. The van der Waals surface area contributed by atoms with Crippen LogP contribution >= 0.6 is 27.3 Å². The van der Waals surface area contributed by atoms with Crippen molar-refractivity contribution < 1.29 is 13.2 Å². The molecule has 0 aliphatic carbocycles. The Labute approximate surface area is 154 Å². The van der Waals surface area contributed by atoms with E-state index < -0.39 is 16.1 Å². The molecule has 2 rings (SSSR count). The van der Waals surface area contributed by atoms with Gasteiger partial charge in [0.2, 0.25) is 5.91 Å². The van der Waals surface area contributed by atoms with Crippen LogP contribution in [0.4, 0.5) is 0 Å². The predicted molar refractivity (Wildman–Crippen MR) is 99.3 cm³/mol. The highest BCUT2D eigenvalue weighted by molar-refractivity contribution is 9.10. The first-order chi connectivity index (χ1) is 11.3. The third-order valence-electron chi connectivity index (χ3n) is 3.35. The van der Waals surface area contributed by atoms with E-state index in [0.29, 0.717) is 6.54 Å². The number of carbonyl (C=O) groups is 1. The topological polar surface area (TPSA) is 75.3 Å². The highest BCUT2D eigenvalue weighted by Gasteiger charge is 2.28. The summed E-state index contributed by atoms with van der Waals surface area (Å²) in [6.07, 6.45) is 0. The summed E-state index contributed by atoms with van der Waals surface area (Å²) < 4.78 is 28.3. The number of sulfonamides is 1. The van der Waals surface area contributed by atoms with Crippen molar-refractivity contribution in [2.45, 2.75) is 30.6 Å².